The second-order valence-corrected chi connectivity index (χ2v) is 7.48. The van der Waals surface area contributed by atoms with Crippen molar-refractivity contribution in [1.82, 2.24) is 10.3 Å². The number of primary amides is 1. The lowest BCUT2D eigenvalue weighted by Crippen LogP contribution is -2.40. The molecule has 1 aliphatic heterocycles. The molecule has 0 fully saturated rings. The number of aryl methyl sites for hydroxylation is 1. The Bertz CT molecular complexity index is 1040. The van der Waals surface area contributed by atoms with E-state index in [1.165, 1.54) is 17.7 Å². The van der Waals surface area contributed by atoms with Crippen LogP contribution in [0.1, 0.15) is 27.9 Å². The molecule has 8 heteroatoms. The Hall–Kier alpha value is -2.28. The third kappa shape index (κ3) is 4.50. The van der Waals surface area contributed by atoms with Gasteiger partial charge in [0.25, 0.3) is 0 Å². The minimum absolute atomic E-state index is 0. The number of amides is 1. The number of fused-ring (bicyclic) bond motifs is 2. The molecule has 0 radical (unpaired) electrons. The van der Waals surface area contributed by atoms with Crippen LogP contribution in [0.2, 0.25) is 5.02 Å². The summed E-state index contributed by atoms with van der Waals surface area (Å²) in [5.74, 6) is -0.889. The highest BCUT2D eigenvalue weighted by Gasteiger charge is 2.26. The number of halogens is 3. The number of ether oxygens (including phenoxy) is 1. The second kappa shape index (κ2) is 9.03. The van der Waals surface area contributed by atoms with E-state index in [1.807, 2.05) is 24.4 Å². The quantitative estimate of drug-likeness (QED) is 0.509. The van der Waals surface area contributed by atoms with Crippen LogP contribution in [0.3, 0.4) is 0 Å². The van der Waals surface area contributed by atoms with E-state index in [-0.39, 0.29) is 24.2 Å². The summed E-state index contributed by atoms with van der Waals surface area (Å²) in [6, 6.07) is 8.47. The molecule has 0 aliphatic carbocycles. The highest BCUT2D eigenvalue weighted by atomic mass is 35.5. The molecular formula is C21H22Cl2FN3O2. The molecule has 154 valence electrons. The van der Waals surface area contributed by atoms with Gasteiger partial charge in [0.05, 0.1) is 0 Å². The summed E-state index contributed by atoms with van der Waals surface area (Å²) in [6.45, 7) is 1.13. The molecule has 0 saturated heterocycles. The summed E-state index contributed by atoms with van der Waals surface area (Å²) in [5, 5.41) is 5.30. The predicted octanol–water partition coefficient (Wildman–Crippen LogP) is 4.01. The third-order valence-corrected chi connectivity index (χ3v) is 5.38. The average molecular weight is 438 g/mol. The molecule has 29 heavy (non-hydrogen) atoms. The van der Waals surface area contributed by atoms with Gasteiger partial charge in [0.1, 0.15) is 6.61 Å². The number of nitrogens with two attached hydrogens (primary N) is 1. The van der Waals surface area contributed by atoms with Gasteiger partial charge in [0.15, 0.2) is 11.6 Å². The molecule has 1 atom stereocenters. The second-order valence-electron chi connectivity index (χ2n) is 7.04. The van der Waals surface area contributed by atoms with Crippen molar-refractivity contribution in [3.05, 3.63) is 64.1 Å². The van der Waals surface area contributed by atoms with Crippen LogP contribution >= 0.6 is 24.0 Å². The van der Waals surface area contributed by atoms with Crippen LogP contribution < -0.4 is 15.8 Å². The molecule has 5 nitrogen and oxygen atoms in total. The Kier molecular flexibility index (Phi) is 6.67. The zero-order valence-corrected chi connectivity index (χ0v) is 17.2. The Morgan fingerprint density at radius 2 is 2.17 bits per heavy atom. The first kappa shape index (κ1) is 21.4. The molecule has 4 N–H and O–H groups in total. The van der Waals surface area contributed by atoms with Crippen LogP contribution in [0, 0.1) is 5.82 Å². The summed E-state index contributed by atoms with van der Waals surface area (Å²) in [6.07, 6.45) is 4.35. The van der Waals surface area contributed by atoms with E-state index in [0.29, 0.717) is 24.2 Å². The van der Waals surface area contributed by atoms with Crippen molar-refractivity contribution < 1.29 is 13.9 Å². The highest BCUT2D eigenvalue weighted by Crippen LogP contribution is 2.31. The monoisotopic (exact) mass is 437 g/mol. The molecule has 2 aromatic carbocycles. The summed E-state index contributed by atoms with van der Waals surface area (Å²) < 4.78 is 19.5. The number of hydrogen-bond donors (Lipinski definition) is 3. The highest BCUT2D eigenvalue weighted by molar-refractivity contribution is 6.31. The number of H-pyrrole nitrogens is 1. The zero-order chi connectivity index (χ0) is 19.7. The van der Waals surface area contributed by atoms with Crippen LogP contribution in [-0.4, -0.2) is 30.1 Å². The molecule has 0 bridgehead atoms. The van der Waals surface area contributed by atoms with Crippen LogP contribution in [-0.2, 0) is 12.8 Å². The molecule has 1 amide bonds. The number of carbonyl (C=O) groups excluding carboxylic acids is 1. The fourth-order valence-corrected chi connectivity index (χ4v) is 3.92. The fraction of sp³-hybridized carbons (Fsp3) is 0.286. The molecular weight excluding hydrogens is 416 g/mol. The van der Waals surface area contributed by atoms with Gasteiger partial charge in [-0.2, -0.15) is 0 Å². The van der Waals surface area contributed by atoms with Gasteiger partial charge in [0.2, 0.25) is 5.91 Å². The van der Waals surface area contributed by atoms with Gasteiger partial charge >= 0.3 is 0 Å². The predicted molar refractivity (Wildman–Crippen MR) is 115 cm³/mol. The standard InChI is InChI=1S/C21H21ClFN3O2.ClH/c22-13-3-6-19-16(8-13)12(10-26-19)2-1-7-25-14-9-17-15(21(24)27)4-5-18(23)20(17)28-11-14;/h3-6,8,10,14,25-26H,1-2,7,9,11H2,(H2,24,27);1H. The van der Waals surface area contributed by atoms with E-state index in [1.54, 1.807) is 0 Å². The van der Waals surface area contributed by atoms with Crippen LogP contribution in [0.25, 0.3) is 10.9 Å². The van der Waals surface area contributed by atoms with E-state index in [0.717, 1.165) is 35.3 Å². The fourth-order valence-electron chi connectivity index (χ4n) is 3.75. The van der Waals surface area contributed by atoms with Gasteiger partial charge < -0.3 is 20.8 Å². The molecule has 0 spiro atoms. The minimum Gasteiger partial charge on any atom is -0.489 e. The first-order valence-corrected chi connectivity index (χ1v) is 9.63. The van der Waals surface area contributed by atoms with Crippen molar-refractivity contribution in [1.29, 1.82) is 0 Å². The first-order valence-electron chi connectivity index (χ1n) is 9.26. The van der Waals surface area contributed by atoms with Gasteiger partial charge in [-0.15, -0.1) is 12.4 Å². The number of rotatable bonds is 6. The van der Waals surface area contributed by atoms with Crippen molar-refractivity contribution >= 4 is 40.8 Å². The minimum atomic E-state index is -0.571. The molecule has 1 aliphatic rings. The largest absolute Gasteiger partial charge is 0.489 e. The number of aromatic nitrogens is 1. The van der Waals surface area contributed by atoms with Gasteiger partial charge in [-0.25, -0.2) is 4.39 Å². The number of nitrogens with one attached hydrogen (secondary N) is 2. The van der Waals surface area contributed by atoms with Gasteiger partial charge in [-0.05, 0) is 61.7 Å². The third-order valence-electron chi connectivity index (χ3n) is 5.14. The SMILES string of the molecule is Cl.NC(=O)c1ccc(F)c2c1CC(NCCCc1c[nH]c3ccc(Cl)cc13)CO2. The average Bonchev–Trinajstić information content (AvgIpc) is 3.07. The van der Waals surface area contributed by atoms with Gasteiger partial charge in [0, 0.05) is 39.3 Å². The normalized spacial score (nSPS) is 15.4. The summed E-state index contributed by atoms with van der Waals surface area (Å²) in [7, 11) is 0. The number of hydrogen-bond acceptors (Lipinski definition) is 3. The van der Waals surface area contributed by atoms with Gasteiger partial charge in [-0.3, -0.25) is 4.79 Å². The van der Waals surface area contributed by atoms with Crippen LogP contribution in [0.4, 0.5) is 4.39 Å². The molecule has 1 unspecified atom stereocenters. The summed E-state index contributed by atoms with van der Waals surface area (Å²) in [5.41, 5.74) is 8.58. The van der Waals surface area contributed by atoms with E-state index in [9.17, 15) is 9.18 Å². The summed E-state index contributed by atoms with van der Waals surface area (Å²) >= 11 is 6.10. The topological polar surface area (TPSA) is 80.1 Å². The lowest BCUT2D eigenvalue weighted by molar-refractivity contribution is 0.0997. The van der Waals surface area contributed by atoms with E-state index >= 15 is 0 Å². The molecule has 0 saturated carbocycles. The maximum atomic E-state index is 14.0. The number of carbonyl (C=O) groups is 1. The first-order chi connectivity index (χ1) is 13.5. The van der Waals surface area contributed by atoms with E-state index < -0.39 is 11.7 Å². The Morgan fingerprint density at radius 1 is 1.34 bits per heavy atom. The van der Waals surface area contributed by atoms with Gasteiger partial charge in [-0.1, -0.05) is 11.6 Å². The summed E-state index contributed by atoms with van der Waals surface area (Å²) in [4.78, 5) is 14.9. The Labute approximate surface area is 179 Å². The molecule has 2 heterocycles. The Morgan fingerprint density at radius 3 is 2.97 bits per heavy atom. The van der Waals surface area contributed by atoms with E-state index in [4.69, 9.17) is 22.1 Å². The van der Waals surface area contributed by atoms with Crippen molar-refractivity contribution in [2.75, 3.05) is 13.2 Å². The zero-order valence-electron chi connectivity index (χ0n) is 15.6. The van der Waals surface area contributed by atoms with Crippen molar-refractivity contribution in [2.45, 2.75) is 25.3 Å². The van der Waals surface area contributed by atoms with Crippen molar-refractivity contribution in [3.63, 3.8) is 0 Å². The Balaban J connectivity index is 0.00000240. The lowest BCUT2D eigenvalue weighted by atomic mass is 9.96. The molecule has 4 rings (SSSR count). The number of benzene rings is 2. The number of aromatic amines is 1. The van der Waals surface area contributed by atoms with Crippen molar-refractivity contribution in [2.24, 2.45) is 5.73 Å². The van der Waals surface area contributed by atoms with E-state index in [2.05, 4.69) is 10.3 Å². The van der Waals surface area contributed by atoms with Crippen molar-refractivity contribution in [3.8, 4) is 5.75 Å². The maximum absolute atomic E-state index is 14.0. The molecule has 3 aromatic rings. The van der Waals surface area contributed by atoms with Crippen LogP contribution in [0.5, 0.6) is 5.75 Å². The molecule has 1 aromatic heterocycles. The maximum Gasteiger partial charge on any atom is 0.249 e. The van der Waals surface area contributed by atoms with Crippen LogP contribution in [0.15, 0.2) is 36.5 Å². The lowest BCUT2D eigenvalue weighted by Gasteiger charge is -2.27. The smallest absolute Gasteiger partial charge is 0.249 e.